The number of carbonyl (C=O) groups is 1. The predicted octanol–water partition coefficient (Wildman–Crippen LogP) is 1.55. The molecule has 1 aliphatic rings. The van der Waals surface area contributed by atoms with Gasteiger partial charge in [0.25, 0.3) is 0 Å². The first-order valence-electron chi connectivity index (χ1n) is 3.60. The predicted molar refractivity (Wildman–Crippen MR) is 46.7 cm³/mol. The Labute approximate surface area is 69.4 Å². The Bertz CT molecular complexity index is 292. The fourth-order valence-corrected chi connectivity index (χ4v) is 2.41. The summed E-state index contributed by atoms with van der Waals surface area (Å²) in [4.78, 5) is 14.8. The first-order valence-corrected chi connectivity index (χ1v) is 4.42. The van der Waals surface area contributed by atoms with Crippen molar-refractivity contribution in [3.05, 3.63) is 15.8 Å². The molecule has 1 aromatic rings. The highest BCUT2D eigenvalue weighted by atomic mass is 32.1. The molecule has 0 fully saturated rings. The van der Waals surface area contributed by atoms with Crippen LogP contribution in [-0.4, -0.2) is 19.9 Å². The zero-order valence-electron chi connectivity index (χ0n) is 6.33. The van der Waals surface area contributed by atoms with Crippen molar-refractivity contribution in [2.45, 2.75) is 6.42 Å². The molecule has 2 nitrogen and oxygen atoms in total. The average molecular weight is 167 g/mol. The third-order valence-corrected chi connectivity index (χ3v) is 3.12. The summed E-state index contributed by atoms with van der Waals surface area (Å²) in [6.07, 6.45) is 2.03. The number of carbonyl (C=O) groups excluding carboxylic acids is 1. The summed E-state index contributed by atoms with van der Waals surface area (Å²) in [5, 5.41) is 0. The van der Waals surface area contributed by atoms with Gasteiger partial charge in [0.1, 0.15) is 0 Å². The highest BCUT2D eigenvalue weighted by Crippen LogP contribution is 2.33. The van der Waals surface area contributed by atoms with Crippen molar-refractivity contribution in [1.29, 1.82) is 0 Å². The van der Waals surface area contributed by atoms with Crippen molar-refractivity contribution >= 4 is 23.3 Å². The van der Waals surface area contributed by atoms with Crippen LogP contribution in [-0.2, 0) is 6.42 Å². The third kappa shape index (κ3) is 0.959. The maximum Gasteiger partial charge on any atom is 0.160 e. The lowest BCUT2D eigenvalue weighted by molar-refractivity contribution is 0.112. The minimum absolute atomic E-state index is 0.849. The SMILES string of the molecule is CN1CCc2sc(C=O)cc21. The van der Waals surface area contributed by atoms with Crippen molar-refractivity contribution < 1.29 is 4.79 Å². The molecule has 0 amide bonds. The highest BCUT2D eigenvalue weighted by Gasteiger charge is 2.18. The summed E-state index contributed by atoms with van der Waals surface area (Å²) in [6.45, 7) is 1.10. The van der Waals surface area contributed by atoms with Crippen LogP contribution in [0, 0.1) is 0 Å². The fourth-order valence-electron chi connectivity index (χ4n) is 1.39. The first-order chi connectivity index (χ1) is 5.31. The number of anilines is 1. The molecule has 0 N–H and O–H groups in total. The molecule has 0 atom stereocenters. The van der Waals surface area contributed by atoms with E-state index in [1.54, 1.807) is 11.3 Å². The molecule has 0 aromatic carbocycles. The molecule has 2 heterocycles. The average Bonchev–Trinajstić information content (AvgIpc) is 2.53. The summed E-state index contributed by atoms with van der Waals surface area (Å²) >= 11 is 1.62. The van der Waals surface area contributed by atoms with Gasteiger partial charge < -0.3 is 4.90 Å². The number of hydrogen-bond acceptors (Lipinski definition) is 3. The highest BCUT2D eigenvalue weighted by molar-refractivity contribution is 7.14. The zero-order chi connectivity index (χ0) is 7.84. The zero-order valence-corrected chi connectivity index (χ0v) is 7.15. The Kier molecular flexibility index (Phi) is 1.46. The largest absolute Gasteiger partial charge is 0.373 e. The van der Waals surface area contributed by atoms with Crippen LogP contribution in [0.5, 0.6) is 0 Å². The fraction of sp³-hybridized carbons (Fsp3) is 0.375. The third-order valence-electron chi connectivity index (χ3n) is 2.01. The van der Waals surface area contributed by atoms with E-state index < -0.39 is 0 Å². The molecule has 1 aliphatic heterocycles. The Morgan fingerprint density at radius 3 is 3.18 bits per heavy atom. The topological polar surface area (TPSA) is 20.3 Å². The monoisotopic (exact) mass is 167 g/mol. The molecule has 0 spiro atoms. The molecule has 0 unspecified atom stereocenters. The van der Waals surface area contributed by atoms with Crippen molar-refractivity contribution in [3.8, 4) is 0 Å². The van der Waals surface area contributed by atoms with Gasteiger partial charge >= 0.3 is 0 Å². The van der Waals surface area contributed by atoms with Crippen molar-refractivity contribution in [3.63, 3.8) is 0 Å². The number of aldehydes is 1. The summed E-state index contributed by atoms with van der Waals surface area (Å²) in [6, 6.07) is 1.97. The number of hydrogen-bond donors (Lipinski definition) is 0. The van der Waals surface area contributed by atoms with Crippen LogP contribution >= 0.6 is 11.3 Å². The van der Waals surface area contributed by atoms with Crippen LogP contribution in [0.1, 0.15) is 14.5 Å². The number of fused-ring (bicyclic) bond motifs is 1. The molecule has 58 valence electrons. The van der Waals surface area contributed by atoms with E-state index in [2.05, 4.69) is 11.9 Å². The number of likely N-dealkylation sites (N-methyl/N-ethyl adjacent to an activating group) is 1. The summed E-state index contributed by atoms with van der Waals surface area (Å²) < 4.78 is 0. The molecule has 0 saturated heterocycles. The van der Waals surface area contributed by atoms with Gasteiger partial charge in [0.2, 0.25) is 0 Å². The van der Waals surface area contributed by atoms with Gasteiger partial charge in [-0.05, 0) is 6.07 Å². The quantitative estimate of drug-likeness (QED) is 0.591. The maximum atomic E-state index is 10.4. The van der Waals surface area contributed by atoms with Crippen LogP contribution in [0.25, 0.3) is 0 Å². The number of thiophene rings is 1. The van der Waals surface area contributed by atoms with E-state index in [0.717, 1.165) is 24.1 Å². The van der Waals surface area contributed by atoms with Crippen molar-refractivity contribution in [1.82, 2.24) is 0 Å². The summed E-state index contributed by atoms with van der Waals surface area (Å²) in [5.74, 6) is 0. The van der Waals surface area contributed by atoms with Gasteiger partial charge in [0.05, 0.1) is 10.6 Å². The van der Waals surface area contributed by atoms with E-state index in [1.165, 1.54) is 10.6 Å². The second kappa shape index (κ2) is 2.34. The second-order valence-corrected chi connectivity index (χ2v) is 3.91. The Balaban J connectivity index is 2.45. The first kappa shape index (κ1) is 6.85. The van der Waals surface area contributed by atoms with E-state index >= 15 is 0 Å². The lowest BCUT2D eigenvalue weighted by Gasteiger charge is -2.08. The molecule has 3 heteroatoms. The van der Waals surface area contributed by atoms with Crippen LogP contribution in [0.2, 0.25) is 0 Å². The van der Waals surface area contributed by atoms with Gasteiger partial charge in [0, 0.05) is 24.9 Å². The van der Waals surface area contributed by atoms with E-state index in [4.69, 9.17) is 0 Å². The minimum atomic E-state index is 0.849. The summed E-state index contributed by atoms with van der Waals surface area (Å²) in [5.41, 5.74) is 1.25. The molecule has 0 saturated carbocycles. The Morgan fingerprint density at radius 1 is 1.73 bits per heavy atom. The van der Waals surface area contributed by atoms with E-state index in [-0.39, 0.29) is 0 Å². The lowest BCUT2D eigenvalue weighted by Crippen LogP contribution is -2.12. The van der Waals surface area contributed by atoms with Gasteiger partial charge in [-0.3, -0.25) is 4.79 Å². The summed E-state index contributed by atoms with van der Waals surface area (Å²) in [7, 11) is 2.06. The van der Waals surface area contributed by atoms with Crippen LogP contribution in [0.3, 0.4) is 0 Å². The van der Waals surface area contributed by atoms with Crippen LogP contribution in [0.15, 0.2) is 6.07 Å². The van der Waals surface area contributed by atoms with Gasteiger partial charge in [0.15, 0.2) is 6.29 Å². The normalized spacial score (nSPS) is 15.2. The van der Waals surface area contributed by atoms with Crippen LogP contribution < -0.4 is 4.90 Å². The Morgan fingerprint density at radius 2 is 2.55 bits per heavy atom. The second-order valence-electron chi connectivity index (χ2n) is 2.75. The van der Waals surface area contributed by atoms with Gasteiger partial charge in [-0.1, -0.05) is 0 Å². The Hall–Kier alpha value is -0.830. The van der Waals surface area contributed by atoms with E-state index in [9.17, 15) is 4.79 Å². The van der Waals surface area contributed by atoms with Crippen LogP contribution in [0.4, 0.5) is 5.69 Å². The van der Waals surface area contributed by atoms with Gasteiger partial charge in [-0.15, -0.1) is 11.3 Å². The maximum absolute atomic E-state index is 10.4. The smallest absolute Gasteiger partial charge is 0.160 e. The van der Waals surface area contributed by atoms with E-state index in [1.807, 2.05) is 6.07 Å². The van der Waals surface area contributed by atoms with Crippen molar-refractivity contribution in [2.75, 3.05) is 18.5 Å². The number of nitrogens with zero attached hydrogens (tertiary/aromatic N) is 1. The van der Waals surface area contributed by atoms with Gasteiger partial charge in [-0.25, -0.2) is 0 Å². The molecule has 11 heavy (non-hydrogen) atoms. The molecule has 0 bridgehead atoms. The molecule has 0 aliphatic carbocycles. The van der Waals surface area contributed by atoms with Gasteiger partial charge in [-0.2, -0.15) is 0 Å². The molecular weight excluding hydrogens is 158 g/mol. The van der Waals surface area contributed by atoms with Crippen molar-refractivity contribution in [2.24, 2.45) is 0 Å². The molecular formula is C8H9NOS. The molecule has 2 rings (SSSR count). The number of rotatable bonds is 1. The molecule has 0 radical (unpaired) electrons. The van der Waals surface area contributed by atoms with E-state index in [0.29, 0.717) is 0 Å². The molecule has 1 aromatic heterocycles. The standard InChI is InChI=1S/C8H9NOS/c1-9-3-2-8-7(9)4-6(5-10)11-8/h4-5H,2-3H2,1H3. The lowest BCUT2D eigenvalue weighted by atomic mass is 10.3. The minimum Gasteiger partial charge on any atom is -0.373 e.